The second-order valence-corrected chi connectivity index (χ2v) is 18.6. The maximum Gasteiger partial charge on any atom is 0.326 e. The lowest BCUT2D eigenvalue weighted by Gasteiger charge is -2.28. The van der Waals surface area contributed by atoms with Crippen LogP contribution < -0.4 is 48.1 Å². The van der Waals surface area contributed by atoms with Crippen LogP contribution in [-0.2, 0) is 56.2 Å². The highest BCUT2D eigenvalue weighted by Crippen LogP contribution is 2.34. The van der Waals surface area contributed by atoms with Crippen LogP contribution in [0.3, 0.4) is 0 Å². The van der Waals surface area contributed by atoms with Crippen molar-refractivity contribution in [2.24, 2.45) is 23.3 Å². The summed E-state index contributed by atoms with van der Waals surface area (Å²) >= 11 is 0.947. The van der Waals surface area contributed by atoms with Crippen LogP contribution in [0.1, 0.15) is 51.2 Å². The van der Waals surface area contributed by atoms with E-state index in [-0.39, 0.29) is 30.2 Å². The van der Waals surface area contributed by atoms with Crippen LogP contribution in [-0.4, -0.2) is 164 Å². The topological polar surface area (TPSA) is 387 Å². The van der Waals surface area contributed by atoms with Crippen molar-refractivity contribution in [2.45, 2.75) is 107 Å². The van der Waals surface area contributed by atoms with Crippen molar-refractivity contribution in [2.75, 3.05) is 32.0 Å². The molecule has 0 unspecified atom stereocenters. The first-order valence-corrected chi connectivity index (χ1v) is 23.9. The van der Waals surface area contributed by atoms with Gasteiger partial charge in [-0.15, -0.1) is 11.8 Å². The Hall–Kier alpha value is -6.80. The molecular formula is C46H62N10O14S. The molecule has 2 aliphatic rings. The lowest BCUT2D eigenvalue weighted by Crippen LogP contribution is -2.58. The van der Waals surface area contributed by atoms with E-state index in [1.807, 2.05) is 30.3 Å². The molecule has 8 amide bonds. The smallest absolute Gasteiger partial charge is 0.326 e. The summed E-state index contributed by atoms with van der Waals surface area (Å²) in [7, 11) is 0. The van der Waals surface area contributed by atoms with E-state index in [1.165, 1.54) is 6.92 Å². The number of carbonyl (C=O) groups is 9. The van der Waals surface area contributed by atoms with Crippen molar-refractivity contribution in [1.29, 1.82) is 0 Å². The van der Waals surface area contributed by atoms with E-state index in [1.54, 1.807) is 32.0 Å². The minimum atomic E-state index is -1.75. The summed E-state index contributed by atoms with van der Waals surface area (Å²) in [6.45, 7) is 2.56. The van der Waals surface area contributed by atoms with Gasteiger partial charge < -0.3 is 78.4 Å². The van der Waals surface area contributed by atoms with Crippen LogP contribution >= 0.6 is 11.8 Å². The molecule has 1 saturated heterocycles. The van der Waals surface area contributed by atoms with Crippen LogP contribution in [0, 0.1) is 11.8 Å². The Morgan fingerprint density at radius 2 is 1.65 bits per heavy atom. The molecule has 24 nitrogen and oxygen atoms in total. The molecule has 1 fully saturated rings. The molecule has 25 heteroatoms. The van der Waals surface area contributed by atoms with E-state index >= 15 is 0 Å². The minimum absolute atomic E-state index is 0.205. The van der Waals surface area contributed by atoms with Crippen LogP contribution in [0.5, 0.6) is 5.75 Å². The molecule has 0 saturated carbocycles. The Kier molecular flexibility index (Phi) is 19.7. The first kappa shape index (κ1) is 55.1. The SMILES string of the molecule is CC[C@H](C)[C@@H]1NC(=O)CNC(=O)[C@@H](NC(=O)[C@@H](N)[C@@H](C)[C@@H](O)CO)Cc2c([nH]c3cc(OCc4ccccc4)ccc23)SC[C@@H](C(=O)N[C@@H](CC(N)=O)C(=O)N2C[C@H](O)C[C@H]2C(=O)O)NC(=O)CNC1=O. The van der Waals surface area contributed by atoms with Crippen molar-refractivity contribution in [1.82, 2.24) is 41.8 Å². The fraction of sp³-hybridized carbons (Fsp3) is 0.500. The number of nitrogens with one attached hydrogen (secondary N) is 7. The maximum atomic E-state index is 14.3. The van der Waals surface area contributed by atoms with Gasteiger partial charge in [0.1, 0.15) is 42.6 Å². The number of primary amides is 1. The summed E-state index contributed by atoms with van der Waals surface area (Å²) in [4.78, 5) is 125. The number of hydrogen-bond acceptors (Lipinski definition) is 15. The molecule has 0 aliphatic carbocycles. The summed E-state index contributed by atoms with van der Waals surface area (Å²) < 4.78 is 6.07. The van der Waals surface area contributed by atoms with Gasteiger partial charge in [0.15, 0.2) is 0 Å². The number of aromatic amines is 1. The average Bonchev–Trinajstić information content (AvgIpc) is 3.91. The highest BCUT2D eigenvalue weighted by atomic mass is 32.2. The van der Waals surface area contributed by atoms with Crippen molar-refractivity contribution in [3.8, 4) is 5.75 Å². The minimum Gasteiger partial charge on any atom is -0.489 e. The number of nitrogens with two attached hydrogens (primary N) is 2. The molecule has 10 atom stereocenters. The summed E-state index contributed by atoms with van der Waals surface area (Å²) in [5, 5.41) is 55.8. The summed E-state index contributed by atoms with van der Waals surface area (Å²) in [6.07, 6.45) is -3.66. The predicted octanol–water partition coefficient (Wildman–Crippen LogP) is -3.15. The Morgan fingerprint density at radius 3 is 2.30 bits per heavy atom. The number of carboxylic acid groups (broad SMARTS) is 1. The molecule has 0 spiro atoms. The first-order valence-electron chi connectivity index (χ1n) is 22.9. The second kappa shape index (κ2) is 25.4. The van der Waals surface area contributed by atoms with E-state index in [2.05, 4.69) is 36.9 Å². The highest BCUT2D eigenvalue weighted by Gasteiger charge is 2.43. The van der Waals surface area contributed by atoms with E-state index in [9.17, 15) is 63.6 Å². The number of aromatic nitrogens is 1. The Bertz CT molecular complexity index is 2440. The number of fused-ring (bicyclic) bond motifs is 3. The van der Waals surface area contributed by atoms with Gasteiger partial charge >= 0.3 is 5.97 Å². The number of likely N-dealkylation sites (tertiary alicyclic amines) is 1. The van der Waals surface area contributed by atoms with E-state index in [0.29, 0.717) is 28.6 Å². The number of benzene rings is 2. The monoisotopic (exact) mass is 1010 g/mol. The van der Waals surface area contributed by atoms with Gasteiger partial charge in [0, 0.05) is 42.5 Å². The van der Waals surface area contributed by atoms with Crippen molar-refractivity contribution >= 4 is 75.9 Å². The molecule has 0 bridgehead atoms. The highest BCUT2D eigenvalue weighted by molar-refractivity contribution is 7.99. The Balaban J connectivity index is 1.58. The van der Waals surface area contributed by atoms with Crippen LogP contribution in [0.25, 0.3) is 10.9 Å². The number of aliphatic hydroxyl groups is 3. The molecule has 2 aromatic carbocycles. The quantitative estimate of drug-likeness (QED) is 0.0674. The van der Waals surface area contributed by atoms with Crippen LogP contribution in [0.15, 0.2) is 53.6 Å². The summed E-state index contributed by atoms with van der Waals surface area (Å²) in [5.74, 6) is -10.2. The molecule has 0 radical (unpaired) electrons. The molecule has 3 heterocycles. The molecule has 71 heavy (non-hydrogen) atoms. The van der Waals surface area contributed by atoms with Crippen molar-refractivity contribution in [3.05, 3.63) is 59.7 Å². The number of H-pyrrole nitrogens is 1. The van der Waals surface area contributed by atoms with Gasteiger partial charge in [-0.2, -0.15) is 0 Å². The number of nitrogens with zero attached hydrogens (tertiary/aromatic N) is 1. The predicted molar refractivity (Wildman–Crippen MR) is 255 cm³/mol. The number of thioether (sulfide) groups is 1. The van der Waals surface area contributed by atoms with Crippen LogP contribution in [0.2, 0.25) is 0 Å². The third-order valence-corrected chi connectivity index (χ3v) is 13.5. The zero-order valence-electron chi connectivity index (χ0n) is 39.3. The van der Waals surface area contributed by atoms with Gasteiger partial charge in [-0.05, 0) is 29.2 Å². The zero-order chi connectivity index (χ0) is 52.1. The molecule has 5 rings (SSSR count). The van der Waals surface area contributed by atoms with Gasteiger partial charge in [0.05, 0.1) is 54.9 Å². The lowest BCUT2D eigenvalue weighted by molar-refractivity contribution is -0.149. The molecule has 3 aromatic rings. The fourth-order valence-corrected chi connectivity index (χ4v) is 9.06. The molecule has 1 aromatic heterocycles. The Labute approximate surface area is 412 Å². The third kappa shape index (κ3) is 14.9. The molecule has 2 aliphatic heterocycles. The number of hydrogen-bond donors (Lipinski definition) is 13. The number of aliphatic carboxylic acids is 1. The lowest BCUT2D eigenvalue weighted by atomic mass is 9.95. The fourth-order valence-electron chi connectivity index (χ4n) is 7.95. The summed E-state index contributed by atoms with van der Waals surface area (Å²) in [5.41, 5.74) is 13.4. The maximum absolute atomic E-state index is 14.3. The van der Waals surface area contributed by atoms with Gasteiger partial charge in [0.25, 0.3) is 0 Å². The van der Waals surface area contributed by atoms with Crippen molar-refractivity contribution in [3.63, 3.8) is 0 Å². The average molecular weight is 1010 g/mol. The van der Waals surface area contributed by atoms with Crippen molar-refractivity contribution < 1.29 is 68.3 Å². The van der Waals surface area contributed by atoms with E-state index < -0.39 is 146 Å². The first-order chi connectivity index (χ1) is 33.7. The number of rotatable bonds is 16. The van der Waals surface area contributed by atoms with Gasteiger partial charge in [-0.1, -0.05) is 57.5 Å². The largest absolute Gasteiger partial charge is 0.489 e. The van der Waals surface area contributed by atoms with Gasteiger partial charge in [-0.25, -0.2) is 4.79 Å². The molecule has 15 N–H and O–H groups in total. The van der Waals surface area contributed by atoms with E-state index in [0.717, 1.165) is 22.2 Å². The number of amides is 8. The number of aliphatic hydroxyl groups excluding tert-OH is 3. The number of β-amino-alcohol motifs (C(OH)–C–C–N with tert-alkyl or cyclic N) is 1. The normalized spacial score (nSPS) is 22.6. The second-order valence-electron chi connectivity index (χ2n) is 17.6. The molecule has 386 valence electrons. The zero-order valence-corrected chi connectivity index (χ0v) is 40.2. The van der Waals surface area contributed by atoms with E-state index in [4.69, 9.17) is 16.2 Å². The number of carboxylic acids is 1. The van der Waals surface area contributed by atoms with Gasteiger partial charge in [0.2, 0.25) is 47.3 Å². The van der Waals surface area contributed by atoms with Crippen LogP contribution in [0.4, 0.5) is 0 Å². The third-order valence-electron chi connectivity index (χ3n) is 12.4. The summed E-state index contributed by atoms with van der Waals surface area (Å²) in [6, 6.07) is 5.40. The molecular weight excluding hydrogens is 949 g/mol. The number of carbonyl (C=O) groups excluding carboxylic acids is 8. The standard InChI is InChI=1S/C46H62N10O14S/c1-4-22(2)39-43(66)50-16-36(61)51-32(41(64)53-31(15-35(47)60)45(67)56-18-25(58)12-33(56)46(68)69)21-71-44-28(27-11-10-26(13-29(27)54-44)70-20-24-8-6-5-7-9-24)14-30(40(63)49-17-37(62)55-39)52-42(65)38(48)23(3)34(59)19-57/h5-11,13,22-23,25,30-34,38-39,54,57-59H,4,12,14-21,48H2,1-3H3,(H2,47,60)(H,49,63)(H,50,66)(H,51,61)(H,52,65)(H,53,64)(H,55,62)(H,68,69)/t22-,23-,25+,30-,31-,32-,33-,34-,38-,39-/m0/s1. The Morgan fingerprint density at radius 1 is 0.972 bits per heavy atom. The van der Waals surface area contributed by atoms with Gasteiger partial charge in [-0.3, -0.25) is 38.4 Å². The number of ether oxygens (including phenoxy) is 1.